The maximum absolute atomic E-state index is 13.8. The molecular weight excluding hydrogens is 789 g/mol. The number of benzene rings is 4. The number of hydrogen-bond acceptors (Lipinski definition) is 12. The largest absolute Gasteiger partial charge is 0.497 e. The topological polar surface area (TPSA) is 114 Å². The quantitative estimate of drug-likeness (QED) is 0.0309. The molecule has 4 aromatic carbocycles. The van der Waals surface area contributed by atoms with Gasteiger partial charge in [0.2, 0.25) is 0 Å². The average Bonchev–Trinajstić information content (AvgIpc) is 3.29. The van der Waals surface area contributed by atoms with Crippen LogP contribution in [-0.4, -0.2) is 102 Å². The summed E-state index contributed by atoms with van der Waals surface area (Å²) in [6, 6.07) is 27.2. The van der Waals surface area contributed by atoms with Crippen molar-refractivity contribution in [1.29, 1.82) is 0 Å². The second kappa shape index (κ2) is 26.8. The standard InChI is InChI=1S/C50H68N2O10/c1-9-27-51(28-10-2)47(35-39-17-23-43(57-7)45(33-39)59-31-25-37-13-19-41(55-5)20-14-37)61-49(53)50(54)62-48(52(29-11-3)30-12-4)36-40-18-24-44(58-8)46(34-40)60-32-26-38-15-21-42(56-6)22-16-38/h13-24,33-34,47-48H,9-12,25-32,35-36H2,1-8H3. The van der Waals surface area contributed by atoms with Crippen LogP contribution in [0.15, 0.2) is 84.9 Å². The Bertz CT molecular complexity index is 1770. The van der Waals surface area contributed by atoms with Crippen LogP contribution < -0.4 is 28.4 Å². The minimum atomic E-state index is -1.04. The fourth-order valence-electron chi connectivity index (χ4n) is 7.25. The van der Waals surface area contributed by atoms with Crippen molar-refractivity contribution >= 4 is 11.9 Å². The van der Waals surface area contributed by atoms with E-state index in [1.807, 2.05) is 84.9 Å². The summed E-state index contributed by atoms with van der Waals surface area (Å²) >= 11 is 0. The van der Waals surface area contributed by atoms with Crippen molar-refractivity contribution in [3.05, 3.63) is 107 Å². The summed E-state index contributed by atoms with van der Waals surface area (Å²) in [6.45, 7) is 11.9. The molecule has 0 fully saturated rings. The molecule has 0 aliphatic heterocycles. The maximum atomic E-state index is 13.8. The van der Waals surface area contributed by atoms with Gasteiger partial charge in [0.05, 0.1) is 41.7 Å². The molecule has 12 heteroatoms. The summed E-state index contributed by atoms with van der Waals surface area (Å²) < 4.78 is 46.5. The van der Waals surface area contributed by atoms with Gasteiger partial charge in [0.1, 0.15) is 11.5 Å². The van der Waals surface area contributed by atoms with Gasteiger partial charge >= 0.3 is 11.9 Å². The average molecular weight is 857 g/mol. The third kappa shape index (κ3) is 15.5. The van der Waals surface area contributed by atoms with Crippen LogP contribution in [0.25, 0.3) is 0 Å². The van der Waals surface area contributed by atoms with Crippen LogP contribution in [-0.2, 0) is 44.7 Å². The number of hydrogen-bond donors (Lipinski definition) is 0. The van der Waals surface area contributed by atoms with E-state index < -0.39 is 24.4 Å². The molecule has 338 valence electrons. The maximum Gasteiger partial charge on any atom is 0.419 e. The predicted octanol–water partition coefficient (Wildman–Crippen LogP) is 8.73. The highest BCUT2D eigenvalue weighted by Gasteiger charge is 2.31. The molecule has 2 atom stereocenters. The lowest BCUT2D eigenvalue weighted by molar-refractivity contribution is -0.185. The van der Waals surface area contributed by atoms with Crippen LogP contribution in [0.1, 0.15) is 75.6 Å². The van der Waals surface area contributed by atoms with Crippen molar-refractivity contribution in [3.63, 3.8) is 0 Å². The predicted molar refractivity (Wildman–Crippen MR) is 242 cm³/mol. The molecule has 62 heavy (non-hydrogen) atoms. The van der Waals surface area contributed by atoms with Crippen molar-refractivity contribution in [2.75, 3.05) is 67.8 Å². The van der Waals surface area contributed by atoms with Gasteiger partial charge in [0.15, 0.2) is 35.5 Å². The smallest absolute Gasteiger partial charge is 0.419 e. The van der Waals surface area contributed by atoms with E-state index in [1.165, 1.54) is 0 Å². The Morgan fingerprint density at radius 1 is 0.452 bits per heavy atom. The minimum Gasteiger partial charge on any atom is -0.497 e. The Morgan fingerprint density at radius 3 is 1.10 bits per heavy atom. The van der Waals surface area contributed by atoms with E-state index in [4.69, 9.17) is 37.9 Å². The number of nitrogens with zero attached hydrogens (tertiary/aromatic N) is 2. The molecule has 0 saturated carbocycles. The van der Waals surface area contributed by atoms with Gasteiger partial charge in [-0.2, -0.15) is 0 Å². The van der Waals surface area contributed by atoms with Crippen LogP contribution in [0.3, 0.4) is 0 Å². The summed E-state index contributed by atoms with van der Waals surface area (Å²) in [5.74, 6) is 1.89. The zero-order valence-electron chi connectivity index (χ0n) is 38.1. The third-order valence-electron chi connectivity index (χ3n) is 10.4. The van der Waals surface area contributed by atoms with Crippen LogP contribution >= 0.6 is 0 Å². The van der Waals surface area contributed by atoms with Crippen molar-refractivity contribution in [2.45, 2.75) is 91.5 Å². The fraction of sp³-hybridized carbons (Fsp3) is 0.480. The second-order valence-electron chi connectivity index (χ2n) is 15.1. The van der Waals surface area contributed by atoms with E-state index in [-0.39, 0.29) is 0 Å². The summed E-state index contributed by atoms with van der Waals surface area (Å²) in [5.41, 5.74) is 3.96. The lowest BCUT2D eigenvalue weighted by Gasteiger charge is -2.32. The normalized spacial score (nSPS) is 12.1. The van der Waals surface area contributed by atoms with Gasteiger partial charge in [-0.05, 0) is 96.5 Å². The highest BCUT2D eigenvalue weighted by Crippen LogP contribution is 2.31. The molecule has 4 rings (SSSR count). The van der Waals surface area contributed by atoms with E-state index in [0.717, 1.165) is 59.4 Å². The van der Waals surface area contributed by atoms with E-state index >= 15 is 0 Å². The molecule has 4 aromatic rings. The minimum absolute atomic E-state index is 0.326. The Balaban J connectivity index is 1.50. The molecule has 12 nitrogen and oxygen atoms in total. The molecule has 2 unspecified atom stereocenters. The first kappa shape index (κ1) is 49.2. The number of esters is 2. The van der Waals surface area contributed by atoms with Crippen LogP contribution in [0.2, 0.25) is 0 Å². The number of ether oxygens (including phenoxy) is 8. The lowest BCUT2D eigenvalue weighted by atomic mass is 10.1. The molecule has 0 aliphatic carbocycles. The lowest BCUT2D eigenvalue weighted by Crippen LogP contribution is -2.45. The zero-order chi connectivity index (χ0) is 44.7. The molecule has 0 aliphatic rings. The van der Waals surface area contributed by atoms with Crippen LogP contribution in [0.4, 0.5) is 0 Å². The van der Waals surface area contributed by atoms with Crippen LogP contribution in [0, 0.1) is 0 Å². The summed E-state index contributed by atoms with van der Waals surface area (Å²) in [6.07, 6.45) is 3.91. The van der Waals surface area contributed by atoms with Crippen LogP contribution in [0.5, 0.6) is 34.5 Å². The molecule has 0 radical (unpaired) electrons. The molecule has 0 aromatic heterocycles. The van der Waals surface area contributed by atoms with E-state index in [0.29, 0.717) is 88.1 Å². The van der Waals surface area contributed by atoms with E-state index in [1.54, 1.807) is 28.4 Å². The van der Waals surface area contributed by atoms with Crippen molar-refractivity contribution in [1.82, 2.24) is 9.80 Å². The molecule has 0 amide bonds. The molecule has 0 bridgehead atoms. The first-order chi connectivity index (χ1) is 30.2. The number of carbonyl (C=O) groups is 2. The highest BCUT2D eigenvalue weighted by molar-refractivity contribution is 6.29. The second-order valence-corrected chi connectivity index (χ2v) is 15.1. The van der Waals surface area contributed by atoms with E-state index in [9.17, 15) is 9.59 Å². The van der Waals surface area contributed by atoms with Gasteiger partial charge in [-0.1, -0.05) is 64.1 Å². The van der Waals surface area contributed by atoms with Crippen molar-refractivity contribution in [2.24, 2.45) is 0 Å². The molecule has 0 N–H and O–H groups in total. The van der Waals surface area contributed by atoms with Gasteiger partial charge < -0.3 is 37.9 Å². The summed E-state index contributed by atoms with van der Waals surface area (Å²) in [7, 11) is 6.50. The first-order valence-corrected chi connectivity index (χ1v) is 21.9. The number of rotatable bonds is 28. The molecular formula is C50H68N2O10. The van der Waals surface area contributed by atoms with Gasteiger partial charge in [-0.15, -0.1) is 0 Å². The number of carbonyl (C=O) groups excluding carboxylic acids is 2. The Hall–Kier alpha value is -5.46. The summed E-state index contributed by atoms with van der Waals surface area (Å²) in [5, 5.41) is 0. The Labute approximate surface area is 369 Å². The first-order valence-electron chi connectivity index (χ1n) is 21.9. The summed E-state index contributed by atoms with van der Waals surface area (Å²) in [4.78, 5) is 31.9. The zero-order valence-corrected chi connectivity index (χ0v) is 38.1. The molecule has 0 spiro atoms. The molecule has 0 saturated heterocycles. The third-order valence-corrected chi connectivity index (χ3v) is 10.4. The van der Waals surface area contributed by atoms with E-state index in [2.05, 4.69) is 37.5 Å². The Kier molecular flexibility index (Phi) is 21.3. The SMILES string of the molecule is CCCN(CCC)C(Cc1ccc(OC)c(OCCc2ccc(OC)cc2)c1)OC(=O)C(=O)OC(Cc1ccc(OC)c(OCCc2ccc(OC)cc2)c1)N(CCC)CCC. The number of methoxy groups -OCH3 is 4. The molecule has 0 heterocycles. The van der Waals surface area contributed by atoms with Crippen molar-refractivity contribution < 1.29 is 47.5 Å². The van der Waals surface area contributed by atoms with Gasteiger partial charge in [0, 0.05) is 51.9 Å². The van der Waals surface area contributed by atoms with Gasteiger partial charge in [0.25, 0.3) is 0 Å². The van der Waals surface area contributed by atoms with Gasteiger partial charge in [-0.25, -0.2) is 9.59 Å². The van der Waals surface area contributed by atoms with Crippen molar-refractivity contribution in [3.8, 4) is 34.5 Å². The highest BCUT2D eigenvalue weighted by atomic mass is 16.6. The Morgan fingerprint density at radius 2 is 0.790 bits per heavy atom. The monoisotopic (exact) mass is 856 g/mol. The fourth-order valence-corrected chi connectivity index (χ4v) is 7.25. The van der Waals surface area contributed by atoms with Gasteiger partial charge in [-0.3, -0.25) is 9.80 Å².